The SMILES string of the molecule is C[C@H](N)c1ccc(-n2cccc2)cc1. The second-order valence-corrected chi connectivity index (χ2v) is 3.47. The van der Waals surface area contributed by atoms with E-state index in [1.54, 1.807) is 0 Å². The van der Waals surface area contributed by atoms with E-state index in [1.807, 2.05) is 31.5 Å². The molecular weight excluding hydrogens is 172 g/mol. The number of hydrogen-bond acceptors (Lipinski definition) is 1. The molecule has 2 nitrogen and oxygen atoms in total. The summed E-state index contributed by atoms with van der Waals surface area (Å²) in [5.41, 5.74) is 8.11. The molecule has 0 fully saturated rings. The quantitative estimate of drug-likeness (QED) is 0.767. The van der Waals surface area contributed by atoms with Crippen LogP contribution in [0, 0.1) is 0 Å². The first-order chi connectivity index (χ1) is 6.77. The Hall–Kier alpha value is -1.54. The zero-order valence-corrected chi connectivity index (χ0v) is 8.22. The van der Waals surface area contributed by atoms with E-state index in [0.717, 1.165) is 0 Å². The molecule has 0 aliphatic carbocycles. The Bertz CT molecular complexity index is 385. The Morgan fingerprint density at radius 2 is 1.64 bits per heavy atom. The molecule has 1 heterocycles. The van der Waals surface area contributed by atoms with Crippen molar-refractivity contribution in [3.05, 3.63) is 54.4 Å². The van der Waals surface area contributed by atoms with E-state index in [-0.39, 0.29) is 6.04 Å². The van der Waals surface area contributed by atoms with Crippen LogP contribution < -0.4 is 5.73 Å². The van der Waals surface area contributed by atoms with E-state index in [1.165, 1.54) is 11.3 Å². The minimum absolute atomic E-state index is 0.105. The maximum Gasteiger partial charge on any atom is 0.0449 e. The molecular formula is C12H14N2. The molecule has 0 spiro atoms. The van der Waals surface area contributed by atoms with Crippen LogP contribution in [0.15, 0.2) is 48.8 Å². The summed E-state index contributed by atoms with van der Waals surface area (Å²) in [6, 6.07) is 12.4. The summed E-state index contributed by atoms with van der Waals surface area (Å²) in [5.74, 6) is 0. The van der Waals surface area contributed by atoms with E-state index in [9.17, 15) is 0 Å². The second-order valence-electron chi connectivity index (χ2n) is 3.47. The highest BCUT2D eigenvalue weighted by molar-refractivity contribution is 5.35. The van der Waals surface area contributed by atoms with Gasteiger partial charge in [-0.15, -0.1) is 0 Å². The maximum atomic E-state index is 5.78. The fourth-order valence-corrected chi connectivity index (χ4v) is 1.46. The molecule has 0 unspecified atom stereocenters. The molecule has 2 aromatic rings. The van der Waals surface area contributed by atoms with E-state index >= 15 is 0 Å². The van der Waals surface area contributed by atoms with Crippen LogP contribution in [0.25, 0.3) is 5.69 Å². The van der Waals surface area contributed by atoms with Crippen molar-refractivity contribution in [1.29, 1.82) is 0 Å². The number of hydrogen-bond donors (Lipinski definition) is 1. The summed E-state index contributed by atoms with van der Waals surface area (Å²) in [5, 5.41) is 0. The van der Waals surface area contributed by atoms with Gasteiger partial charge in [-0.2, -0.15) is 0 Å². The van der Waals surface area contributed by atoms with Crippen molar-refractivity contribution in [1.82, 2.24) is 4.57 Å². The number of rotatable bonds is 2. The summed E-state index contributed by atoms with van der Waals surface area (Å²) in [4.78, 5) is 0. The van der Waals surface area contributed by atoms with Gasteiger partial charge in [0.2, 0.25) is 0 Å². The van der Waals surface area contributed by atoms with Gasteiger partial charge in [0.05, 0.1) is 0 Å². The van der Waals surface area contributed by atoms with Gasteiger partial charge in [-0.05, 0) is 36.8 Å². The van der Waals surface area contributed by atoms with Crippen LogP contribution in [0.1, 0.15) is 18.5 Å². The van der Waals surface area contributed by atoms with Gasteiger partial charge in [0.15, 0.2) is 0 Å². The van der Waals surface area contributed by atoms with Gasteiger partial charge in [-0.3, -0.25) is 0 Å². The van der Waals surface area contributed by atoms with Gasteiger partial charge in [0.1, 0.15) is 0 Å². The molecule has 0 saturated carbocycles. The molecule has 0 radical (unpaired) electrons. The minimum Gasteiger partial charge on any atom is -0.324 e. The summed E-state index contributed by atoms with van der Waals surface area (Å²) >= 11 is 0. The third-order valence-corrected chi connectivity index (χ3v) is 2.32. The van der Waals surface area contributed by atoms with Crippen molar-refractivity contribution >= 4 is 0 Å². The lowest BCUT2D eigenvalue weighted by Gasteiger charge is -2.07. The average molecular weight is 186 g/mol. The van der Waals surface area contributed by atoms with Crippen LogP contribution in [0.4, 0.5) is 0 Å². The van der Waals surface area contributed by atoms with Crippen molar-refractivity contribution < 1.29 is 0 Å². The predicted octanol–water partition coefficient (Wildman–Crippen LogP) is 2.50. The average Bonchev–Trinajstić information content (AvgIpc) is 2.71. The van der Waals surface area contributed by atoms with Gasteiger partial charge in [0, 0.05) is 24.1 Å². The van der Waals surface area contributed by atoms with E-state index in [4.69, 9.17) is 5.73 Å². The zero-order valence-electron chi connectivity index (χ0n) is 8.22. The fraction of sp³-hybridized carbons (Fsp3) is 0.167. The first kappa shape index (κ1) is 9.03. The van der Waals surface area contributed by atoms with Crippen LogP contribution in [0.3, 0.4) is 0 Å². The lowest BCUT2D eigenvalue weighted by molar-refractivity contribution is 0.817. The molecule has 72 valence electrons. The minimum atomic E-state index is 0.105. The van der Waals surface area contributed by atoms with Gasteiger partial charge in [-0.25, -0.2) is 0 Å². The Morgan fingerprint density at radius 1 is 1.07 bits per heavy atom. The molecule has 0 amide bonds. The zero-order chi connectivity index (χ0) is 9.97. The maximum absolute atomic E-state index is 5.78. The summed E-state index contributed by atoms with van der Waals surface area (Å²) in [6.07, 6.45) is 4.06. The number of aromatic nitrogens is 1. The van der Waals surface area contributed by atoms with Crippen LogP contribution in [0.5, 0.6) is 0 Å². The predicted molar refractivity (Wildman–Crippen MR) is 58.4 cm³/mol. The summed E-state index contributed by atoms with van der Waals surface area (Å²) < 4.78 is 2.07. The Morgan fingerprint density at radius 3 is 2.14 bits per heavy atom. The van der Waals surface area contributed by atoms with Gasteiger partial charge in [-0.1, -0.05) is 12.1 Å². The standard InChI is InChI=1S/C12H14N2/c1-10(13)11-4-6-12(7-5-11)14-8-2-3-9-14/h2-10H,13H2,1H3/t10-/m0/s1. The van der Waals surface area contributed by atoms with E-state index in [2.05, 4.69) is 28.8 Å². The number of nitrogens with zero attached hydrogens (tertiary/aromatic N) is 1. The molecule has 0 bridgehead atoms. The summed E-state index contributed by atoms with van der Waals surface area (Å²) in [6.45, 7) is 1.99. The molecule has 0 saturated heterocycles. The lowest BCUT2D eigenvalue weighted by atomic mass is 10.1. The largest absolute Gasteiger partial charge is 0.324 e. The van der Waals surface area contributed by atoms with E-state index in [0.29, 0.717) is 0 Å². The molecule has 2 heteroatoms. The Kier molecular flexibility index (Phi) is 2.37. The molecule has 2 rings (SSSR count). The van der Waals surface area contributed by atoms with Crippen molar-refractivity contribution in [2.75, 3.05) is 0 Å². The van der Waals surface area contributed by atoms with Crippen LogP contribution >= 0.6 is 0 Å². The number of benzene rings is 1. The van der Waals surface area contributed by atoms with Gasteiger partial charge >= 0.3 is 0 Å². The second kappa shape index (κ2) is 3.68. The first-order valence-electron chi connectivity index (χ1n) is 4.76. The van der Waals surface area contributed by atoms with E-state index < -0.39 is 0 Å². The van der Waals surface area contributed by atoms with Gasteiger partial charge < -0.3 is 10.3 Å². The molecule has 0 aliphatic heterocycles. The topological polar surface area (TPSA) is 30.9 Å². The van der Waals surface area contributed by atoms with Crippen molar-refractivity contribution in [2.24, 2.45) is 5.73 Å². The first-order valence-corrected chi connectivity index (χ1v) is 4.76. The normalized spacial score (nSPS) is 12.7. The van der Waals surface area contributed by atoms with Gasteiger partial charge in [0.25, 0.3) is 0 Å². The van der Waals surface area contributed by atoms with Crippen LogP contribution in [-0.2, 0) is 0 Å². The third kappa shape index (κ3) is 1.70. The van der Waals surface area contributed by atoms with Crippen LogP contribution in [-0.4, -0.2) is 4.57 Å². The molecule has 1 aromatic heterocycles. The molecule has 14 heavy (non-hydrogen) atoms. The molecule has 1 aromatic carbocycles. The highest BCUT2D eigenvalue weighted by Crippen LogP contribution is 2.13. The van der Waals surface area contributed by atoms with Crippen molar-refractivity contribution in [3.8, 4) is 5.69 Å². The Labute approximate surface area is 84.0 Å². The van der Waals surface area contributed by atoms with Crippen molar-refractivity contribution in [2.45, 2.75) is 13.0 Å². The number of nitrogens with two attached hydrogens (primary N) is 1. The molecule has 2 N–H and O–H groups in total. The van der Waals surface area contributed by atoms with Crippen LogP contribution in [0.2, 0.25) is 0 Å². The molecule has 0 aliphatic rings. The third-order valence-electron chi connectivity index (χ3n) is 2.32. The highest BCUT2D eigenvalue weighted by Gasteiger charge is 1.99. The smallest absolute Gasteiger partial charge is 0.0449 e. The monoisotopic (exact) mass is 186 g/mol. The van der Waals surface area contributed by atoms with Crippen molar-refractivity contribution in [3.63, 3.8) is 0 Å². The summed E-state index contributed by atoms with van der Waals surface area (Å²) in [7, 11) is 0. The fourth-order valence-electron chi connectivity index (χ4n) is 1.46. The molecule has 1 atom stereocenters. The highest BCUT2D eigenvalue weighted by atomic mass is 14.9. The lowest BCUT2D eigenvalue weighted by Crippen LogP contribution is -2.04. The Balaban J connectivity index is 2.31.